The van der Waals surface area contributed by atoms with E-state index < -0.39 is 0 Å². The largest absolute Gasteiger partial charge is 0.336 e. The predicted octanol–water partition coefficient (Wildman–Crippen LogP) is 3.65. The van der Waals surface area contributed by atoms with Gasteiger partial charge in [-0.3, -0.25) is 4.79 Å². The Balaban J connectivity index is 2.20. The number of aromatic nitrogens is 1. The van der Waals surface area contributed by atoms with Crippen molar-refractivity contribution in [2.75, 3.05) is 6.54 Å². The van der Waals surface area contributed by atoms with E-state index in [0.717, 1.165) is 19.4 Å². The van der Waals surface area contributed by atoms with E-state index in [-0.39, 0.29) is 17.1 Å². The SMILES string of the molecule is CC1CCN(C(=O)c2ccc(Cl)nc2Cl)C(C)C1. The topological polar surface area (TPSA) is 33.2 Å². The van der Waals surface area contributed by atoms with Crippen molar-refractivity contribution in [2.24, 2.45) is 5.92 Å². The Labute approximate surface area is 117 Å². The number of nitrogens with zero attached hydrogens (tertiary/aromatic N) is 2. The van der Waals surface area contributed by atoms with Gasteiger partial charge in [-0.1, -0.05) is 30.1 Å². The van der Waals surface area contributed by atoms with Crippen molar-refractivity contribution < 1.29 is 4.79 Å². The van der Waals surface area contributed by atoms with Crippen LogP contribution in [0.1, 0.15) is 37.0 Å². The van der Waals surface area contributed by atoms with Crippen molar-refractivity contribution >= 4 is 29.1 Å². The highest BCUT2D eigenvalue weighted by atomic mass is 35.5. The highest BCUT2D eigenvalue weighted by Crippen LogP contribution is 2.26. The molecule has 0 bridgehead atoms. The molecule has 1 amide bonds. The predicted molar refractivity (Wildman–Crippen MR) is 73.2 cm³/mol. The van der Waals surface area contributed by atoms with Crippen molar-refractivity contribution in [1.29, 1.82) is 0 Å². The van der Waals surface area contributed by atoms with Crippen LogP contribution in [0.15, 0.2) is 12.1 Å². The molecule has 1 aromatic rings. The molecule has 0 radical (unpaired) electrons. The fraction of sp³-hybridized carbons (Fsp3) is 0.538. The van der Waals surface area contributed by atoms with E-state index in [1.807, 2.05) is 4.90 Å². The summed E-state index contributed by atoms with van der Waals surface area (Å²) in [6.07, 6.45) is 2.07. The van der Waals surface area contributed by atoms with Gasteiger partial charge in [0, 0.05) is 12.6 Å². The number of likely N-dealkylation sites (tertiary alicyclic amines) is 1. The number of piperidine rings is 1. The molecule has 2 unspecified atom stereocenters. The second kappa shape index (κ2) is 5.45. The molecule has 18 heavy (non-hydrogen) atoms. The summed E-state index contributed by atoms with van der Waals surface area (Å²) in [5.74, 6) is 0.617. The molecular formula is C13H16Cl2N2O. The zero-order valence-corrected chi connectivity index (χ0v) is 12.0. The third-order valence-corrected chi connectivity index (χ3v) is 3.94. The summed E-state index contributed by atoms with van der Waals surface area (Å²) < 4.78 is 0. The first-order valence-electron chi connectivity index (χ1n) is 6.12. The maximum absolute atomic E-state index is 12.4. The van der Waals surface area contributed by atoms with Crippen LogP contribution in [-0.4, -0.2) is 28.4 Å². The van der Waals surface area contributed by atoms with Gasteiger partial charge in [-0.15, -0.1) is 0 Å². The van der Waals surface area contributed by atoms with Crippen LogP contribution >= 0.6 is 23.2 Å². The zero-order chi connectivity index (χ0) is 13.3. The van der Waals surface area contributed by atoms with Crippen LogP contribution in [0, 0.1) is 5.92 Å². The molecule has 2 rings (SSSR count). The third kappa shape index (κ3) is 2.78. The minimum Gasteiger partial charge on any atom is -0.336 e. The number of carbonyl (C=O) groups is 1. The fourth-order valence-electron chi connectivity index (χ4n) is 2.44. The number of hydrogen-bond donors (Lipinski definition) is 0. The molecular weight excluding hydrogens is 271 g/mol. The quantitative estimate of drug-likeness (QED) is 0.739. The number of rotatable bonds is 1. The van der Waals surface area contributed by atoms with Gasteiger partial charge in [0.1, 0.15) is 10.3 Å². The third-order valence-electron chi connectivity index (χ3n) is 3.44. The van der Waals surface area contributed by atoms with Crippen LogP contribution in [-0.2, 0) is 0 Å². The molecule has 0 N–H and O–H groups in total. The van der Waals surface area contributed by atoms with Gasteiger partial charge in [0.2, 0.25) is 0 Å². The Morgan fingerprint density at radius 1 is 1.39 bits per heavy atom. The number of pyridine rings is 1. The molecule has 1 aliphatic rings. The molecule has 5 heteroatoms. The van der Waals surface area contributed by atoms with Gasteiger partial charge in [-0.25, -0.2) is 4.98 Å². The lowest BCUT2D eigenvalue weighted by molar-refractivity contribution is 0.0588. The average Bonchev–Trinajstić information content (AvgIpc) is 2.28. The van der Waals surface area contributed by atoms with E-state index in [9.17, 15) is 4.79 Å². The smallest absolute Gasteiger partial charge is 0.257 e. The standard InChI is InChI=1S/C13H16Cl2N2O/c1-8-5-6-17(9(2)7-8)13(18)10-3-4-11(14)16-12(10)15/h3-4,8-9H,5-7H2,1-2H3. The summed E-state index contributed by atoms with van der Waals surface area (Å²) in [5, 5.41) is 0.482. The van der Waals surface area contributed by atoms with Crippen molar-refractivity contribution in [3.8, 4) is 0 Å². The maximum Gasteiger partial charge on any atom is 0.257 e. The van der Waals surface area contributed by atoms with Gasteiger partial charge in [0.05, 0.1) is 5.56 Å². The van der Waals surface area contributed by atoms with Crippen molar-refractivity contribution in [3.63, 3.8) is 0 Å². The summed E-state index contributed by atoms with van der Waals surface area (Å²) in [5.41, 5.74) is 0.433. The second-order valence-corrected chi connectivity index (χ2v) is 5.69. The summed E-state index contributed by atoms with van der Waals surface area (Å²) in [7, 11) is 0. The van der Waals surface area contributed by atoms with Crippen LogP contribution in [0.4, 0.5) is 0 Å². The summed E-state index contributed by atoms with van der Waals surface area (Å²) in [6, 6.07) is 3.48. The number of carbonyl (C=O) groups excluding carboxylic acids is 1. The molecule has 1 aromatic heterocycles. The number of halogens is 2. The van der Waals surface area contributed by atoms with Crippen LogP contribution in [0.5, 0.6) is 0 Å². The lowest BCUT2D eigenvalue weighted by Crippen LogP contribution is -2.44. The monoisotopic (exact) mass is 286 g/mol. The highest BCUT2D eigenvalue weighted by Gasteiger charge is 2.28. The van der Waals surface area contributed by atoms with Gasteiger partial charge in [0.25, 0.3) is 5.91 Å². The first-order chi connectivity index (χ1) is 8.49. The Bertz CT molecular complexity index is 464. The minimum absolute atomic E-state index is 0.0523. The van der Waals surface area contributed by atoms with E-state index >= 15 is 0 Å². The van der Waals surface area contributed by atoms with Crippen LogP contribution in [0.3, 0.4) is 0 Å². The Morgan fingerprint density at radius 2 is 2.11 bits per heavy atom. The summed E-state index contributed by atoms with van der Waals surface area (Å²) in [4.78, 5) is 18.2. The first kappa shape index (κ1) is 13.6. The molecule has 0 spiro atoms. The molecule has 1 fully saturated rings. The zero-order valence-electron chi connectivity index (χ0n) is 10.5. The van der Waals surface area contributed by atoms with Gasteiger partial charge >= 0.3 is 0 Å². The van der Waals surface area contributed by atoms with Crippen molar-refractivity contribution in [1.82, 2.24) is 9.88 Å². The second-order valence-electron chi connectivity index (χ2n) is 4.95. The van der Waals surface area contributed by atoms with Gasteiger partial charge in [-0.2, -0.15) is 0 Å². The molecule has 3 nitrogen and oxygen atoms in total. The Hall–Kier alpha value is -0.800. The van der Waals surface area contributed by atoms with Crippen LogP contribution < -0.4 is 0 Å². The molecule has 1 aliphatic heterocycles. The van der Waals surface area contributed by atoms with Crippen molar-refractivity contribution in [3.05, 3.63) is 28.0 Å². The minimum atomic E-state index is -0.0523. The Morgan fingerprint density at radius 3 is 2.72 bits per heavy atom. The Kier molecular flexibility index (Phi) is 4.13. The molecule has 0 aliphatic carbocycles. The van der Waals surface area contributed by atoms with Gasteiger partial charge in [-0.05, 0) is 37.8 Å². The van der Waals surface area contributed by atoms with E-state index in [1.54, 1.807) is 12.1 Å². The maximum atomic E-state index is 12.4. The van der Waals surface area contributed by atoms with Gasteiger partial charge in [0.15, 0.2) is 0 Å². The fourth-order valence-corrected chi connectivity index (χ4v) is 2.86. The first-order valence-corrected chi connectivity index (χ1v) is 6.87. The van der Waals surface area contributed by atoms with Crippen LogP contribution in [0.25, 0.3) is 0 Å². The van der Waals surface area contributed by atoms with E-state index in [4.69, 9.17) is 23.2 Å². The molecule has 0 saturated carbocycles. The van der Waals surface area contributed by atoms with Crippen molar-refractivity contribution in [2.45, 2.75) is 32.7 Å². The molecule has 2 atom stereocenters. The van der Waals surface area contributed by atoms with E-state index in [0.29, 0.717) is 16.6 Å². The molecule has 2 heterocycles. The van der Waals surface area contributed by atoms with E-state index in [2.05, 4.69) is 18.8 Å². The summed E-state index contributed by atoms with van der Waals surface area (Å²) in [6.45, 7) is 5.07. The molecule has 0 aromatic carbocycles. The summed E-state index contributed by atoms with van der Waals surface area (Å²) >= 11 is 11.7. The number of amides is 1. The molecule has 1 saturated heterocycles. The lowest BCUT2D eigenvalue weighted by atomic mass is 9.93. The average molecular weight is 287 g/mol. The number of hydrogen-bond acceptors (Lipinski definition) is 2. The van der Waals surface area contributed by atoms with Crippen LogP contribution in [0.2, 0.25) is 10.3 Å². The molecule has 98 valence electrons. The highest BCUT2D eigenvalue weighted by molar-refractivity contribution is 6.34. The lowest BCUT2D eigenvalue weighted by Gasteiger charge is -2.36. The normalized spacial score (nSPS) is 24.1. The van der Waals surface area contributed by atoms with E-state index in [1.165, 1.54) is 0 Å². The van der Waals surface area contributed by atoms with Gasteiger partial charge < -0.3 is 4.90 Å².